The molecule has 1 aromatic carbocycles. The van der Waals surface area contributed by atoms with Crippen molar-refractivity contribution in [1.29, 1.82) is 0 Å². The third-order valence-electron chi connectivity index (χ3n) is 2.95. The normalized spacial score (nSPS) is 20.3. The average Bonchev–Trinajstić information content (AvgIpc) is 2.39. The third-order valence-corrected chi connectivity index (χ3v) is 3.21. The van der Waals surface area contributed by atoms with Gasteiger partial charge in [-0.2, -0.15) is 0 Å². The van der Waals surface area contributed by atoms with Crippen LogP contribution in [-0.4, -0.2) is 40.3 Å². The van der Waals surface area contributed by atoms with Crippen molar-refractivity contribution in [3.8, 4) is 5.75 Å². The molecule has 2 heterocycles. The lowest BCUT2D eigenvalue weighted by atomic mass is 10.2. The highest BCUT2D eigenvalue weighted by atomic mass is 35.5. The van der Waals surface area contributed by atoms with Gasteiger partial charge >= 0.3 is 0 Å². The van der Waals surface area contributed by atoms with Gasteiger partial charge < -0.3 is 14.7 Å². The van der Waals surface area contributed by atoms with Crippen molar-refractivity contribution in [1.82, 2.24) is 9.97 Å². The van der Waals surface area contributed by atoms with Crippen molar-refractivity contribution in [2.24, 2.45) is 0 Å². The number of ether oxygens (including phenoxy) is 1. The summed E-state index contributed by atoms with van der Waals surface area (Å²) in [6.07, 6.45) is 1.45. The molecule has 1 unspecified atom stereocenters. The van der Waals surface area contributed by atoms with Crippen LogP contribution >= 0.6 is 11.6 Å². The Morgan fingerprint density at radius 1 is 1.39 bits per heavy atom. The summed E-state index contributed by atoms with van der Waals surface area (Å²) in [5, 5.41) is 10.6. The van der Waals surface area contributed by atoms with Crippen LogP contribution in [0.25, 0.3) is 10.9 Å². The molecule has 94 valence electrons. The van der Waals surface area contributed by atoms with E-state index >= 15 is 0 Å². The number of halogens is 1. The second kappa shape index (κ2) is 4.59. The fourth-order valence-corrected chi connectivity index (χ4v) is 2.37. The Hall–Kier alpha value is -1.59. The molecule has 0 bridgehead atoms. The number of hydrogen-bond donors (Lipinski definition) is 1. The van der Waals surface area contributed by atoms with Crippen LogP contribution in [0, 0.1) is 0 Å². The highest BCUT2D eigenvalue weighted by Crippen LogP contribution is 2.29. The van der Waals surface area contributed by atoms with Crippen molar-refractivity contribution < 1.29 is 9.84 Å². The maximum Gasteiger partial charge on any atom is 0.148 e. The largest absolute Gasteiger partial charge is 0.506 e. The summed E-state index contributed by atoms with van der Waals surface area (Å²) in [7, 11) is 0. The van der Waals surface area contributed by atoms with E-state index < -0.39 is 0 Å². The molecule has 1 aliphatic rings. The van der Waals surface area contributed by atoms with E-state index in [1.807, 2.05) is 11.0 Å². The Morgan fingerprint density at radius 2 is 2.28 bits per heavy atom. The molecule has 1 saturated heterocycles. The predicted octanol–water partition coefficient (Wildman–Crippen LogP) is 1.74. The Balaban J connectivity index is 2.09. The maximum atomic E-state index is 9.79. The first-order valence-corrected chi connectivity index (χ1v) is 6.12. The van der Waals surface area contributed by atoms with E-state index in [0.717, 1.165) is 17.7 Å². The van der Waals surface area contributed by atoms with Gasteiger partial charge in [0.15, 0.2) is 0 Å². The summed E-state index contributed by atoms with van der Waals surface area (Å²) in [4.78, 5) is 10.4. The molecule has 0 aliphatic carbocycles. The number of aromatic nitrogens is 2. The molecule has 1 fully saturated rings. The van der Waals surface area contributed by atoms with Gasteiger partial charge in [-0.05, 0) is 12.1 Å². The van der Waals surface area contributed by atoms with Crippen LogP contribution in [0.15, 0.2) is 24.5 Å². The quantitative estimate of drug-likeness (QED) is 0.796. The smallest absolute Gasteiger partial charge is 0.148 e. The van der Waals surface area contributed by atoms with Gasteiger partial charge in [0.1, 0.15) is 29.0 Å². The fourth-order valence-electron chi connectivity index (χ4n) is 2.11. The standard InChI is InChI=1S/C12H12ClN3O2/c13-10-6-16(4-5-18-10)12-8-2-1-3-9(17)11(8)14-7-15-12/h1-3,7,10,17H,4-6H2. The van der Waals surface area contributed by atoms with Crippen molar-refractivity contribution in [2.75, 3.05) is 24.6 Å². The summed E-state index contributed by atoms with van der Waals surface area (Å²) in [5.74, 6) is 0.941. The van der Waals surface area contributed by atoms with E-state index in [0.29, 0.717) is 18.7 Å². The molecule has 1 aromatic heterocycles. The molecule has 3 rings (SSSR count). The zero-order chi connectivity index (χ0) is 12.5. The van der Waals surface area contributed by atoms with E-state index in [1.165, 1.54) is 6.33 Å². The molecular formula is C12H12ClN3O2. The number of alkyl halides is 1. The van der Waals surface area contributed by atoms with Crippen LogP contribution in [0.3, 0.4) is 0 Å². The highest BCUT2D eigenvalue weighted by molar-refractivity contribution is 6.20. The minimum atomic E-state index is -0.332. The average molecular weight is 266 g/mol. The number of anilines is 1. The van der Waals surface area contributed by atoms with Crippen molar-refractivity contribution in [2.45, 2.75) is 5.56 Å². The van der Waals surface area contributed by atoms with Crippen molar-refractivity contribution in [3.63, 3.8) is 0 Å². The van der Waals surface area contributed by atoms with E-state index in [2.05, 4.69) is 9.97 Å². The minimum Gasteiger partial charge on any atom is -0.506 e. The molecule has 1 aliphatic heterocycles. The van der Waals surface area contributed by atoms with Gasteiger partial charge in [0, 0.05) is 11.9 Å². The van der Waals surface area contributed by atoms with Gasteiger partial charge in [0.2, 0.25) is 0 Å². The molecule has 0 saturated carbocycles. The summed E-state index contributed by atoms with van der Waals surface area (Å²) >= 11 is 5.99. The Bertz CT molecular complexity index is 578. The lowest BCUT2D eigenvalue weighted by molar-refractivity contribution is 0.0932. The first-order chi connectivity index (χ1) is 8.75. The minimum absolute atomic E-state index is 0.159. The van der Waals surface area contributed by atoms with E-state index in [1.54, 1.807) is 12.1 Å². The number of para-hydroxylation sites is 1. The summed E-state index contributed by atoms with van der Waals surface area (Å²) < 4.78 is 5.30. The van der Waals surface area contributed by atoms with Gasteiger partial charge in [-0.3, -0.25) is 0 Å². The van der Waals surface area contributed by atoms with Gasteiger partial charge in [0.25, 0.3) is 0 Å². The van der Waals surface area contributed by atoms with Crippen molar-refractivity contribution in [3.05, 3.63) is 24.5 Å². The van der Waals surface area contributed by atoms with Gasteiger partial charge in [-0.1, -0.05) is 17.7 Å². The van der Waals surface area contributed by atoms with Crippen LogP contribution < -0.4 is 4.90 Å². The second-order valence-corrected chi connectivity index (χ2v) is 4.58. The van der Waals surface area contributed by atoms with Crippen LogP contribution in [-0.2, 0) is 4.74 Å². The lowest BCUT2D eigenvalue weighted by Gasteiger charge is -2.31. The van der Waals surface area contributed by atoms with E-state index in [9.17, 15) is 5.11 Å². The Morgan fingerprint density at radius 3 is 3.11 bits per heavy atom. The molecule has 18 heavy (non-hydrogen) atoms. The Labute approximate surface area is 109 Å². The number of nitrogens with zero attached hydrogens (tertiary/aromatic N) is 3. The van der Waals surface area contributed by atoms with E-state index in [-0.39, 0.29) is 11.3 Å². The molecule has 2 aromatic rings. The molecule has 0 amide bonds. The predicted molar refractivity (Wildman–Crippen MR) is 69.0 cm³/mol. The lowest BCUT2D eigenvalue weighted by Crippen LogP contribution is -2.40. The summed E-state index contributed by atoms with van der Waals surface area (Å²) in [6.45, 7) is 1.87. The summed E-state index contributed by atoms with van der Waals surface area (Å²) in [6, 6.07) is 5.29. The molecule has 1 N–H and O–H groups in total. The number of benzene rings is 1. The Kier molecular flexibility index (Phi) is 2.93. The SMILES string of the molecule is Oc1cccc2c(N3CCOC(Cl)C3)ncnc12. The van der Waals surface area contributed by atoms with Gasteiger partial charge in [-0.25, -0.2) is 9.97 Å². The fraction of sp³-hybridized carbons (Fsp3) is 0.333. The van der Waals surface area contributed by atoms with Crippen LogP contribution in [0.1, 0.15) is 0 Å². The van der Waals surface area contributed by atoms with Crippen LogP contribution in [0.2, 0.25) is 0 Å². The van der Waals surface area contributed by atoms with Gasteiger partial charge in [-0.15, -0.1) is 0 Å². The number of phenolic OH excluding ortho intramolecular Hbond substituents is 1. The first-order valence-electron chi connectivity index (χ1n) is 5.69. The number of aromatic hydroxyl groups is 1. The number of hydrogen-bond acceptors (Lipinski definition) is 5. The van der Waals surface area contributed by atoms with Gasteiger partial charge in [0.05, 0.1) is 13.2 Å². The zero-order valence-corrected chi connectivity index (χ0v) is 10.3. The van der Waals surface area contributed by atoms with Crippen LogP contribution in [0.5, 0.6) is 5.75 Å². The van der Waals surface area contributed by atoms with Crippen LogP contribution in [0.4, 0.5) is 5.82 Å². The zero-order valence-electron chi connectivity index (χ0n) is 9.58. The van der Waals surface area contributed by atoms with E-state index in [4.69, 9.17) is 16.3 Å². The summed E-state index contributed by atoms with van der Waals surface area (Å²) in [5.41, 5.74) is 0.223. The van der Waals surface area contributed by atoms with Crippen molar-refractivity contribution >= 4 is 28.3 Å². The molecule has 5 nitrogen and oxygen atoms in total. The third kappa shape index (κ3) is 1.95. The number of rotatable bonds is 1. The molecular weight excluding hydrogens is 254 g/mol. The molecule has 0 spiro atoms. The monoisotopic (exact) mass is 265 g/mol. The molecule has 1 atom stereocenters. The molecule has 0 radical (unpaired) electrons. The molecule has 6 heteroatoms. The maximum absolute atomic E-state index is 9.79. The topological polar surface area (TPSA) is 58.5 Å². The number of phenols is 1. The first kappa shape index (κ1) is 11.5. The number of fused-ring (bicyclic) bond motifs is 1. The highest BCUT2D eigenvalue weighted by Gasteiger charge is 2.21. The second-order valence-electron chi connectivity index (χ2n) is 4.10. The number of morpholine rings is 1.